The van der Waals surface area contributed by atoms with Gasteiger partial charge in [-0.05, 0) is 37.5 Å². The molecule has 112 valence electrons. The second kappa shape index (κ2) is 5.72. The summed E-state index contributed by atoms with van der Waals surface area (Å²) in [5.41, 5.74) is 0. The first kappa shape index (κ1) is 13.9. The monoisotopic (exact) mass is 281 g/mol. The van der Waals surface area contributed by atoms with Gasteiger partial charge in [-0.15, -0.1) is 0 Å². The number of carbonyl (C=O) groups excluding carboxylic acids is 1. The number of nitrogens with zero attached hydrogens (tertiary/aromatic N) is 1. The molecule has 0 aromatic heterocycles. The predicted molar refractivity (Wildman–Crippen MR) is 72.2 cm³/mol. The van der Waals surface area contributed by atoms with Crippen LogP contribution in [0.1, 0.15) is 44.9 Å². The highest BCUT2D eigenvalue weighted by Gasteiger charge is 2.47. The van der Waals surface area contributed by atoms with Crippen LogP contribution >= 0.6 is 0 Å². The number of rotatable bonds is 3. The molecule has 0 radical (unpaired) electrons. The Balaban J connectivity index is 1.72. The van der Waals surface area contributed by atoms with Crippen LogP contribution in [0, 0.1) is 11.8 Å². The van der Waals surface area contributed by atoms with E-state index in [-0.39, 0.29) is 17.9 Å². The van der Waals surface area contributed by atoms with E-state index in [4.69, 9.17) is 4.74 Å². The SMILES string of the molecule is O=C(O)[C@@H]1C[C@@H]2CCCC[C@@H]2N1C(=O)C[C@@H]1CCOC1. The average Bonchev–Trinajstić information content (AvgIpc) is 3.04. The summed E-state index contributed by atoms with van der Waals surface area (Å²) < 4.78 is 5.31. The van der Waals surface area contributed by atoms with Gasteiger partial charge in [-0.2, -0.15) is 0 Å². The number of amides is 1. The largest absolute Gasteiger partial charge is 0.480 e. The lowest BCUT2D eigenvalue weighted by atomic mass is 9.84. The molecule has 2 heterocycles. The van der Waals surface area contributed by atoms with E-state index in [1.807, 2.05) is 0 Å². The Morgan fingerprint density at radius 3 is 2.70 bits per heavy atom. The minimum absolute atomic E-state index is 0.0299. The van der Waals surface area contributed by atoms with E-state index in [9.17, 15) is 14.7 Å². The summed E-state index contributed by atoms with van der Waals surface area (Å²) in [5.74, 6) is -0.133. The Morgan fingerprint density at radius 2 is 2.00 bits per heavy atom. The van der Waals surface area contributed by atoms with E-state index in [2.05, 4.69) is 0 Å². The second-order valence-corrected chi connectivity index (χ2v) is 6.44. The van der Waals surface area contributed by atoms with Crippen LogP contribution in [-0.4, -0.2) is 47.2 Å². The van der Waals surface area contributed by atoms with Crippen LogP contribution in [0.4, 0.5) is 0 Å². The van der Waals surface area contributed by atoms with E-state index >= 15 is 0 Å². The molecule has 3 rings (SSSR count). The van der Waals surface area contributed by atoms with Gasteiger partial charge < -0.3 is 14.7 Å². The molecule has 3 fully saturated rings. The fourth-order valence-electron chi connectivity index (χ4n) is 4.14. The van der Waals surface area contributed by atoms with Crippen molar-refractivity contribution >= 4 is 11.9 Å². The van der Waals surface area contributed by atoms with Crippen molar-refractivity contribution in [2.45, 2.75) is 57.0 Å². The Morgan fingerprint density at radius 1 is 1.20 bits per heavy atom. The van der Waals surface area contributed by atoms with Crippen molar-refractivity contribution in [3.05, 3.63) is 0 Å². The summed E-state index contributed by atoms with van der Waals surface area (Å²) >= 11 is 0. The highest BCUT2D eigenvalue weighted by molar-refractivity contribution is 5.85. The number of likely N-dealkylation sites (tertiary alicyclic amines) is 1. The molecule has 0 bridgehead atoms. The minimum Gasteiger partial charge on any atom is -0.480 e. The molecule has 5 heteroatoms. The molecule has 0 unspecified atom stereocenters. The maximum atomic E-state index is 12.6. The molecule has 1 aliphatic carbocycles. The van der Waals surface area contributed by atoms with Crippen LogP contribution in [0.2, 0.25) is 0 Å². The van der Waals surface area contributed by atoms with Gasteiger partial charge in [0.1, 0.15) is 6.04 Å². The van der Waals surface area contributed by atoms with Crippen molar-refractivity contribution < 1.29 is 19.4 Å². The second-order valence-electron chi connectivity index (χ2n) is 6.44. The van der Waals surface area contributed by atoms with Gasteiger partial charge in [0.05, 0.1) is 0 Å². The Kier molecular flexibility index (Phi) is 3.96. The molecule has 2 saturated heterocycles. The van der Waals surface area contributed by atoms with Gasteiger partial charge in [0, 0.05) is 25.7 Å². The van der Waals surface area contributed by atoms with Crippen LogP contribution in [-0.2, 0) is 14.3 Å². The zero-order chi connectivity index (χ0) is 14.1. The van der Waals surface area contributed by atoms with E-state index in [1.165, 1.54) is 6.42 Å². The van der Waals surface area contributed by atoms with Gasteiger partial charge in [-0.1, -0.05) is 12.8 Å². The molecule has 0 spiro atoms. The molecule has 2 aliphatic heterocycles. The number of fused-ring (bicyclic) bond motifs is 1. The number of carboxylic acids is 1. The lowest BCUT2D eigenvalue weighted by molar-refractivity contribution is -0.150. The standard InChI is InChI=1S/C15H23NO4/c17-14(7-10-5-6-20-9-10)16-12-4-2-1-3-11(12)8-13(16)15(18)19/h10-13H,1-9H2,(H,18,19)/t10-,11-,12-,13-/m0/s1. The smallest absolute Gasteiger partial charge is 0.326 e. The zero-order valence-electron chi connectivity index (χ0n) is 11.8. The van der Waals surface area contributed by atoms with Crippen LogP contribution in [0.5, 0.6) is 0 Å². The fourth-order valence-corrected chi connectivity index (χ4v) is 4.14. The van der Waals surface area contributed by atoms with Gasteiger partial charge in [-0.25, -0.2) is 4.79 Å². The lowest BCUT2D eigenvalue weighted by Crippen LogP contribution is -2.46. The third-order valence-corrected chi connectivity index (χ3v) is 5.15. The molecule has 5 nitrogen and oxygen atoms in total. The summed E-state index contributed by atoms with van der Waals surface area (Å²) in [7, 11) is 0. The molecule has 3 aliphatic rings. The van der Waals surface area contributed by atoms with Gasteiger partial charge >= 0.3 is 5.97 Å². The van der Waals surface area contributed by atoms with Crippen molar-refractivity contribution in [1.29, 1.82) is 0 Å². The molecule has 0 aromatic rings. The first-order valence-corrected chi connectivity index (χ1v) is 7.78. The van der Waals surface area contributed by atoms with Crippen LogP contribution in [0.3, 0.4) is 0 Å². The molecular formula is C15H23NO4. The highest BCUT2D eigenvalue weighted by atomic mass is 16.5. The maximum Gasteiger partial charge on any atom is 0.326 e. The third-order valence-electron chi connectivity index (χ3n) is 5.15. The first-order valence-electron chi connectivity index (χ1n) is 7.78. The van der Waals surface area contributed by atoms with E-state index in [1.54, 1.807) is 4.90 Å². The molecule has 1 saturated carbocycles. The molecule has 4 atom stereocenters. The normalized spacial score (nSPS) is 36.9. The van der Waals surface area contributed by atoms with Gasteiger partial charge in [0.2, 0.25) is 5.91 Å². The Labute approximate surface area is 119 Å². The van der Waals surface area contributed by atoms with Crippen molar-refractivity contribution in [2.24, 2.45) is 11.8 Å². The highest BCUT2D eigenvalue weighted by Crippen LogP contribution is 2.40. The fraction of sp³-hybridized carbons (Fsp3) is 0.867. The zero-order valence-corrected chi connectivity index (χ0v) is 11.8. The lowest BCUT2D eigenvalue weighted by Gasteiger charge is -2.33. The average molecular weight is 281 g/mol. The minimum atomic E-state index is -0.838. The Bertz CT molecular complexity index is 391. The molecular weight excluding hydrogens is 258 g/mol. The number of aliphatic carboxylic acids is 1. The number of carbonyl (C=O) groups is 2. The van der Waals surface area contributed by atoms with Gasteiger partial charge in [0.15, 0.2) is 0 Å². The molecule has 20 heavy (non-hydrogen) atoms. The summed E-state index contributed by atoms with van der Waals surface area (Å²) in [5, 5.41) is 9.42. The summed E-state index contributed by atoms with van der Waals surface area (Å²) in [6.45, 7) is 1.37. The first-order chi connectivity index (χ1) is 9.66. The van der Waals surface area contributed by atoms with Crippen LogP contribution < -0.4 is 0 Å². The third kappa shape index (κ3) is 2.55. The quantitative estimate of drug-likeness (QED) is 0.854. The number of hydrogen-bond donors (Lipinski definition) is 1. The number of hydrogen-bond acceptors (Lipinski definition) is 3. The van der Waals surface area contributed by atoms with Crippen LogP contribution in [0.15, 0.2) is 0 Å². The maximum absolute atomic E-state index is 12.6. The van der Waals surface area contributed by atoms with Crippen LogP contribution in [0.25, 0.3) is 0 Å². The predicted octanol–water partition coefficient (Wildman–Crippen LogP) is 1.66. The van der Waals surface area contributed by atoms with E-state index < -0.39 is 12.0 Å². The molecule has 0 aromatic carbocycles. The molecule has 1 amide bonds. The van der Waals surface area contributed by atoms with Crippen molar-refractivity contribution in [3.63, 3.8) is 0 Å². The summed E-state index contributed by atoms with van der Waals surface area (Å²) in [6.07, 6.45) is 6.35. The van der Waals surface area contributed by atoms with Crippen molar-refractivity contribution in [2.75, 3.05) is 13.2 Å². The molecule has 1 N–H and O–H groups in total. The number of carboxylic acid groups (broad SMARTS) is 1. The van der Waals surface area contributed by atoms with E-state index in [0.29, 0.717) is 25.4 Å². The summed E-state index contributed by atoms with van der Waals surface area (Å²) in [4.78, 5) is 25.8. The van der Waals surface area contributed by atoms with Crippen molar-refractivity contribution in [3.8, 4) is 0 Å². The topological polar surface area (TPSA) is 66.8 Å². The van der Waals surface area contributed by atoms with Gasteiger partial charge in [0.25, 0.3) is 0 Å². The van der Waals surface area contributed by atoms with Crippen molar-refractivity contribution in [1.82, 2.24) is 4.90 Å². The summed E-state index contributed by atoms with van der Waals surface area (Å²) in [6, 6.07) is -0.433. The Hall–Kier alpha value is -1.10. The number of ether oxygens (including phenoxy) is 1. The van der Waals surface area contributed by atoms with Gasteiger partial charge in [-0.3, -0.25) is 4.79 Å². The van der Waals surface area contributed by atoms with E-state index in [0.717, 1.165) is 32.3 Å².